The van der Waals surface area contributed by atoms with Gasteiger partial charge < -0.3 is 20.9 Å². The van der Waals surface area contributed by atoms with Gasteiger partial charge in [-0.3, -0.25) is 4.79 Å². The van der Waals surface area contributed by atoms with Crippen molar-refractivity contribution in [2.45, 2.75) is 22.9 Å². The predicted molar refractivity (Wildman–Crippen MR) is 129 cm³/mol. The molecule has 6 heteroatoms. The fourth-order valence-electron chi connectivity index (χ4n) is 3.48. The molecular formula is C25H26N4OS. The molecule has 0 aliphatic rings. The van der Waals surface area contributed by atoms with Crippen molar-refractivity contribution in [3.8, 4) is 0 Å². The molecule has 0 saturated carbocycles. The smallest absolute Gasteiger partial charge is 0.266 e. The van der Waals surface area contributed by atoms with Crippen molar-refractivity contribution in [3.05, 3.63) is 89.6 Å². The molecule has 0 radical (unpaired) electrons. The number of hydrogen-bond acceptors (Lipinski definition) is 4. The van der Waals surface area contributed by atoms with Crippen LogP contribution in [0.25, 0.3) is 10.9 Å². The molecule has 0 atom stereocenters. The van der Waals surface area contributed by atoms with Crippen LogP contribution in [0, 0.1) is 0 Å². The molecule has 3 aromatic carbocycles. The monoisotopic (exact) mass is 430 g/mol. The maximum Gasteiger partial charge on any atom is 0.266 e. The lowest BCUT2D eigenvalue weighted by Crippen LogP contribution is -2.13. The van der Waals surface area contributed by atoms with E-state index in [2.05, 4.69) is 57.7 Å². The lowest BCUT2D eigenvalue weighted by atomic mass is 10.1. The van der Waals surface area contributed by atoms with Crippen LogP contribution >= 0.6 is 11.8 Å². The number of carbonyl (C=O) groups excluding carboxylic acids is 1. The van der Waals surface area contributed by atoms with Crippen LogP contribution in [-0.2, 0) is 13.1 Å². The highest BCUT2D eigenvalue weighted by Crippen LogP contribution is 2.36. The molecule has 31 heavy (non-hydrogen) atoms. The van der Waals surface area contributed by atoms with E-state index in [-0.39, 0.29) is 0 Å². The van der Waals surface area contributed by atoms with E-state index in [9.17, 15) is 4.79 Å². The molecule has 0 unspecified atom stereocenters. The quantitative estimate of drug-likeness (QED) is 0.376. The van der Waals surface area contributed by atoms with Crippen LogP contribution in [0.1, 0.15) is 21.6 Å². The molecule has 0 saturated heterocycles. The van der Waals surface area contributed by atoms with Gasteiger partial charge in [0.1, 0.15) is 5.69 Å². The summed E-state index contributed by atoms with van der Waals surface area (Å²) in [5.74, 6) is -0.449. The summed E-state index contributed by atoms with van der Waals surface area (Å²) >= 11 is 1.55. The number of aromatic nitrogens is 1. The Morgan fingerprint density at radius 3 is 2.32 bits per heavy atom. The Morgan fingerprint density at radius 1 is 0.968 bits per heavy atom. The van der Waals surface area contributed by atoms with Crippen LogP contribution in [0.5, 0.6) is 0 Å². The van der Waals surface area contributed by atoms with E-state index in [0.29, 0.717) is 5.69 Å². The van der Waals surface area contributed by atoms with Crippen molar-refractivity contribution >= 4 is 34.3 Å². The summed E-state index contributed by atoms with van der Waals surface area (Å²) in [5.41, 5.74) is 10.6. The van der Waals surface area contributed by atoms with E-state index in [4.69, 9.17) is 5.73 Å². The Hall–Kier alpha value is -3.22. The van der Waals surface area contributed by atoms with Crippen molar-refractivity contribution < 1.29 is 4.79 Å². The number of H-pyrrole nitrogens is 1. The summed E-state index contributed by atoms with van der Waals surface area (Å²) in [7, 11) is 4.08. The first kappa shape index (κ1) is 21.0. The number of primary amides is 1. The lowest BCUT2D eigenvalue weighted by molar-refractivity contribution is 0.0993. The largest absolute Gasteiger partial charge is 0.378 e. The summed E-state index contributed by atoms with van der Waals surface area (Å²) in [5, 5.41) is 4.50. The van der Waals surface area contributed by atoms with Gasteiger partial charge in [-0.05, 0) is 41.5 Å². The zero-order valence-electron chi connectivity index (χ0n) is 17.7. The van der Waals surface area contributed by atoms with Gasteiger partial charge in [-0.25, -0.2) is 0 Å². The first-order valence-corrected chi connectivity index (χ1v) is 11.0. The average molecular weight is 431 g/mol. The molecule has 0 aliphatic heterocycles. The van der Waals surface area contributed by atoms with Crippen LogP contribution in [0.4, 0.5) is 5.69 Å². The second kappa shape index (κ2) is 9.29. The van der Waals surface area contributed by atoms with E-state index in [1.165, 1.54) is 11.3 Å². The third-order valence-corrected chi connectivity index (χ3v) is 6.27. The molecule has 1 amide bonds. The third-order valence-electron chi connectivity index (χ3n) is 5.14. The van der Waals surface area contributed by atoms with Crippen LogP contribution in [0.3, 0.4) is 0 Å². The predicted octanol–water partition coefficient (Wildman–Crippen LogP) is 4.77. The Morgan fingerprint density at radius 2 is 1.65 bits per heavy atom. The molecule has 0 spiro atoms. The van der Waals surface area contributed by atoms with Gasteiger partial charge in [0.2, 0.25) is 0 Å². The first-order chi connectivity index (χ1) is 15.0. The minimum Gasteiger partial charge on any atom is -0.378 e. The number of nitrogens with zero attached hydrogens (tertiary/aromatic N) is 1. The number of fused-ring (bicyclic) bond motifs is 1. The molecule has 1 aromatic heterocycles. The molecule has 1 heterocycles. The van der Waals surface area contributed by atoms with Gasteiger partial charge in [0.25, 0.3) is 5.91 Å². The number of anilines is 1. The minimum absolute atomic E-state index is 0.449. The van der Waals surface area contributed by atoms with Crippen molar-refractivity contribution in [1.29, 1.82) is 0 Å². The summed E-state index contributed by atoms with van der Waals surface area (Å²) in [6.07, 6.45) is 0. The summed E-state index contributed by atoms with van der Waals surface area (Å²) in [6.45, 7) is 1.52. The van der Waals surface area contributed by atoms with Crippen molar-refractivity contribution in [2.75, 3.05) is 19.0 Å². The van der Waals surface area contributed by atoms with Crippen molar-refractivity contribution in [2.24, 2.45) is 5.73 Å². The van der Waals surface area contributed by atoms with Crippen LogP contribution < -0.4 is 16.0 Å². The van der Waals surface area contributed by atoms with E-state index < -0.39 is 5.91 Å². The molecule has 0 aliphatic carbocycles. The molecule has 158 valence electrons. The zero-order valence-corrected chi connectivity index (χ0v) is 18.5. The molecule has 4 N–H and O–H groups in total. The number of hydrogen-bond donors (Lipinski definition) is 3. The summed E-state index contributed by atoms with van der Waals surface area (Å²) < 4.78 is 0. The van der Waals surface area contributed by atoms with Gasteiger partial charge in [0.15, 0.2) is 0 Å². The number of carbonyl (C=O) groups is 1. The van der Waals surface area contributed by atoms with Crippen LogP contribution in [0.2, 0.25) is 0 Å². The van der Waals surface area contributed by atoms with E-state index in [1.807, 2.05) is 44.4 Å². The zero-order chi connectivity index (χ0) is 21.8. The molecule has 4 rings (SSSR count). The van der Waals surface area contributed by atoms with Gasteiger partial charge in [-0.15, -0.1) is 0 Å². The second-order valence-electron chi connectivity index (χ2n) is 7.65. The van der Waals surface area contributed by atoms with Gasteiger partial charge in [0.05, 0.1) is 4.90 Å². The Labute approximate surface area is 186 Å². The number of amides is 1. The van der Waals surface area contributed by atoms with E-state index >= 15 is 0 Å². The lowest BCUT2D eigenvalue weighted by Gasteiger charge is -2.13. The number of aromatic amines is 1. The average Bonchev–Trinajstić information content (AvgIpc) is 3.13. The fourth-order valence-corrected chi connectivity index (χ4v) is 4.55. The van der Waals surface area contributed by atoms with Crippen LogP contribution in [0.15, 0.2) is 82.6 Å². The fraction of sp³-hybridized carbons (Fsp3) is 0.160. The molecule has 0 bridgehead atoms. The number of benzene rings is 3. The number of nitrogens with one attached hydrogen (secondary N) is 2. The maximum atomic E-state index is 12.0. The highest BCUT2D eigenvalue weighted by atomic mass is 32.2. The van der Waals surface area contributed by atoms with Gasteiger partial charge >= 0.3 is 0 Å². The highest BCUT2D eigenvalue weighted by Gasteiger charge is 2.17. The Balaban J connectivity index is 1.49. The standard InChI is InChI=1S/C25H26N4OS/c1-29(2)19-11-8-17(9-12-19)15-27-16-18-10-13-21-22(14-18)28-23(25(26)30)24(21)31-20-6-4-3-5-7-20/h3-14,27-28H,15-16H2,1-2H3,(H2,26,30). The third kappa shape index (κ3) is 4.93. The topological polar surface area (TPSA) is 74.2 Å². The minimum atomic E-state index is -0.449. The van der Waals surface area contributed by atoms with Gasteiger partial charge in [0, 0.05) is 48.7 Å². The van der Waals surface area contributed by atoms with Crippen LogP contribution in [-0.4, -0.2) is 25.0 Å². The van der Waals surface area contributed by atoms with Crippen molar-refractivity contribution in [3.63, 3.8) is 0 Å². The summed E-state index contributed by atoms with van der Waals surface area (Å²) in [4.78, 5) is 19.3. The molecular weight excluding hydrogens is 404 g/mol. The number of nitrogens with two attached hydrogens (primary N) is 1. The summed E-state index contributed by atoms with van der Waals surface area (Å²) in [6, 6.07) is 24.8. The van der Waals surface area contributed by atoms with Gasteiger partial charge in [-0.1, -0.05) is 54.2 Å². The highest BCUT2D eigenvalue weighted by molar-refractivity contribution is 7.99. The van der Waals surface area contributed by atoms with E-state index in [0.717, 1.165) is 39.3 Å². The van der Waals surface area contributed by atoms with Crippen molar-refractivity contribution in [1.82, 2.24) is 10.3 Å². The Bertz CT molecular complexity index is 1180. The first-order valence-electron chi connectivity index (χ1n) is 10.2. The maximum absolute atomic E-state index is 12.0. The number of rotatable bonds is 8. The molecule has 5 nitrogen and oxygen atoms in total. The second-order valence-corrected chi connectivity index (χ2v) is 8.74. The SMILES string of the molecule is CN(C)c1ccc(CNCc2ccc3c(Sc4ccccc4)c(C(N)=O)[nH]c3c2)cc1. The van der Waals surface area contributed by atoms with E-state index in [1.54, 1.807) is 11.8 Å². The molecule has 0 fully saturated rings. The normalized spacial score (nSPS) is 11.0. The molecule has 4 aromatic rings. The Kier molecular flexibility index (Phi) is 6.30. The van der Waals surface area contributed by atoms with Gasteiger partial charge in [-0.2, -0.15) is 0 Å².